The van der Waals surface area contributed by atoms with Gasteiger partial charge in [0.1, 0.15) is 11.5 Å². The fraction of sp³-hybridized carbons (Fsp3) is 0. The van der Waals surface area contributed by atoms with Gasteiger partial charge < -0.3 is 4.40 Å². The number of nitrogens with zero attached hydrogens (tertiary/aromatic N) is 4. The van der Waals surface area contributed by atoms with Crippen molar-refractivity contribution < 1.29 is 0 Å². The first-order valence-corrected chi connectivity index (χ1v) is 7.85. The van der Waals surface area contributed by atoms with E-state index in [4.69, 9.17) is 0 Å². The number of rotatable bonds is 2. The summed E-state index contributed by atoms with van der Waals surface area (Å²) in [6.07, 6.45) is 7.94. The van der Waals surface area contributed by atoms with Crippen LogP contribution in [0.4, 0.5) is 0 Å². The van der Waals surface area contributed by atoms with Crippen molar-refractivity contribution in [3.05, 3.63) is 85.5 Å². The van der Waals surface area contributed by atoms with Crippen LogP contribution in [-0.4, -0.2) is 18.9 Å². The highest BCUT2D eigenvalue weighted by Gasteiger charge is 2.09. The number of hydrogen-bond acceptors (Lipinski definition) is 2. The number of para-hydroxylation sites is 1. The van der Waals surface area contributed by atoms with Crippen molar-refractivity contribution in [3.63, 3.8) is 0 Å². The Morgan fingerprint density at radius 3 is 2.67 bits per heavy atom. The lowest BCUT2D eigenvalue weighted by atomic mass is 10.1. The molecule has 24 heavy (non-hydrogen) atoms. The molecule has 3 aromatic heterocycles. The Kier molecular flexibility index (Phi) is 2.76. The number of fused-ring (bicyclic) bond motifs is 2. The van der Waals surface area contributed by atoms with Gasteiger partial charge in [-0.05, 0) is 42.5 Å². The molecule has 0 N–H and O–H groups in total. The zero-order chi connectivity index (χ0) is 15.9. The van der Waals surface area contributed by atoms with E-state index in [2.05, 4.69) is 51.1 Å². The third kappa shape index (κ3) is 2.01. The first kappa shape index (κ1) is 13.1. The molecule has 0 unspecified atom stereocenters. The van der Waals surface area contributed by atoms with Gasteiger partial charge in [-0.25, -0.2) is 9.97 Å². The van der Waals surface area contributed by atoms with Crippen LogP contribution in [0.25, 0.3) is 33.6 Å². The van der Waals surface area contributed by atoms with E-state index in [1.54, 1.807) is 0 Å². The minimum atomic E-state index is 0.927. The lowest BCUT2D eigenvalue weighted by molar-refractivity contribution is 1.07. The molecule has 0 aliphatic heterocycles. The summed E-state index contributed by atoms with van der Waals surface area (Å²) in [5.41, 5.74) is 4.12. The van der Waals surface area contributed by atoms with Gasteiger partial charge in [-0.1, -0.05) is 18.2 Å². The quantitative estimate of drug-likeness (QED) is 0.486. The highest BCUT2D eigenvalue weighted by molar-refractivity contribution is 5.84. The maximum atomic E-state index is 4.68. The van der Waals surface area contributed by atoms with Crippen molar-refractivity contribution in [1.82, 2.24) is 18.9 Å². The Morgan fingerprint density at radius 1 is 0.833 bits per heavy atom. The van der Waals surface area contributed by atoms with Crippen molar-refractivity contribution >= 4 is 16.6 Å². The third-order valence-electron chi connectivity index (χ3n) is 4.23. The highest BCUT2D eigenvalue weighted by atomic mass is 15.1. The maximum Gasteiger partial charge on any atom is 0.144 e. The molecule has 0 aliphatic carbocycles. The standard InChI is InChI=1S/C20H14N4/c1-2-5-17(6-3-1)24-12-10-21-20(24)15-8-9-18-16(13-15)14-23-11-4-7-19(23)22-18/h1-14H. The zero-order valence-corrected chi connectivity index (χ0v) is 12.9. The maximum absolute atomic E-state index is 4.68. The summed E-state index contributed by atoms with van der Waals surface area (Å²) in [6.45, 7) is 0. The predicted molar refractivity (Wildman–Crippen MR) is 95.3 cm³/mol. The van der Waals surface area contributed by atoms with Crippen LogP contribution in [0.2, 0.25) is 0 Å². The van der Waals surface area contributed by atoms with Gasteiger partial charge in [0, 0.05) is 41.4 Å². The van der Waals surface area contributed by atoms with Crippen LogP contribution in [0.15, 0.2) is 85.5 Å². The Balaban J connectivity index is 1.70. The predicted octanol–water partition coefficient (Wildman–Crippen LogP) is 4.34. The van der Waals surface area contributed by atoms with Crippen LogP contribution in [-0.2, 0) is 0 Å². The van der Waals surface area contributed by atoms with Gasteiger partial charge in [0.05, 0.1) is 5.52 Å². The minimum absolute atomic E-state index is 0.927. The van der Waals surface area contributed by atoms with E-state index in [-0.39, 0.29) is 0 Å². The largest absolute Gasteiger partial charge is 0.308 e. The minimum Gasteiger partial charge on any atom is -0.308 e. The molecule has 0 saturated heterocycles. The third-order valence-corrected chi connectivity index (χ3v) is 4.23. The molecule has 0 aliphatic rings. The molecule has 5 aromatic rings. The van der Waals surface area contributed by atoms with Crippen molar-refractivity contribution in [3.8, 4) is 17.1 Å². The molecule has 114 valence electrons. The van der Waals surface area contributed by atoms with Crippen LogP contribution in [0.1, 0.15) is 0 Å². The Bertz CT molecular complexity index is 1150. The van der Waals surface area contributed by atoms with E-state index in [1.807, 2.05) is 53.3 Å². The molecule has 0 fully saturated rings. The molecule has 5 rings (SSSR count). The monoisotopic (exact) mass is 310 g/mol. The number of hydrogen-bond donors (Lipinski definition) is 0. The van der Waals surface area contributed by atoms with Gasteiger partial charge >= 0.3 is 0 Å². The van der Waals surface area contributed by atoms with Gasteiger partial charge in [0.25, 0.3) is 0 Å². The average molecular weight is 310 g/mol. The summed E-state index contributed by atoms with van der Waals surface area (Å²) >= 11 is 0. The molecule has 3 heterocycles. The highest BCUT2D eigenvalue weighted by Crippen LogP contribution is 2.25. The Morgan fingerprint density at radius 2 is 1.75 bits per heavy atom. The molecule has 4 nitrogen and oxygen atoms in total. The van der Waals surface area contributed by atoms with Crippen molar-refractivity contribution in [2.24, 2.45) is 0 Å². The van der Waals surface area contributed by atoms with Crippen molar-refractivity contribution in [2.75, 3.05) is 0 Å². The summed E-state index contributed by atoms with van der Waals surface area (Å²) in [5.74, 6) is 0.927. The molecule has 0 atom stereocenters. The van der Waals surface area contributed by atoms with Gasteiger partial charge in [-0.15, -0.1) is 0 Å². The molecule has 0 radical (unpaired) electrons. The lowest BCUT2D eigenvalue weighted by Gasteiger charge is -2.09. The second-order valence-electron chi connectivity index (χ2n) is 5.74. The fourth-order valence-corrected chi connectivity index (χ4v) is 3.07. The average Bonchev–Trinajstić information content (AvgIpc) is 3.29. The van der Waals surface area contributed by atoms with E-state index < -0.39 is 0 Å². The van der Waals surface area contributed by atoms with E-state index >= 15 is 0 Å². The summed E-state index contributed by atoms with van der Waals surface area (Å²) in [4.78, 5) is 9.23. The van der Waals surface area contributed by atoms with Crippen LogP contribution in [0.5, 0.6) is 0 Å². The second-order valence-corrected chi connectivity index (χ2v) is 5.74. The topological polar surface area (TPSA) is 35.1 Å². The molecule has 4 heteroatoms. The SMILES string of the molecule is c1ccc(-n2ccnc2-c2ccc3nc4cccn4cc3c2)cc1. The van der Waals surface area contributed by atoms with Gasteiger partial charge in [0.15, 0.2) is 0 Å². The van der Waals surface area contributed by atoms with Crippen LogP contribution in [0.3, 0.4) is 0 Å². The molecule has 2 aromatic carbocycles. The first-order chi connectivity index (χ1) is 11.9. The fourth-order valence-electron chi connectivity index (χ4n) is 3.07. The molecule has 0 spiro atoms. The van der Waals surface area contributed by atoms with E-state index in [0.29, 0.717) is 0 Å². The summed E-state index contributed by atoms with van der Waals surface area (Å²) < 4.78 is 4.14. The van der Waals surface area contributed by atoms with Crippen LogP contribution >= 0.6 is 0 Å². The second kappa shape index (κ2) is 5.06. The number of benzene rings is 2. The lowest BCUT2D eigenvalue weighted by Crippen LogP contribution is -1.96. The van der Waals surface area contributed by atoms with Crippen molar-refractivity contribution in [2.45, 2.75) is 0 Å². The van der Waals surface area contributed by atoms with Crippen LogP contribution < -0.4 is 0 Å². The first-order valence-electron chi connectivity index (χ1n) is 7.85. The molecule has 0 bridgehead atoms. The smallest absolute Gasteiger partial charge is 0.144 e. The van der Waals surface area contributed by atoms with E-state index in [0.717, 1.165) is 33.6 Å². The molecule has 0 saturated carbocycles. The van der Waals surface area contributed by atoms with Crippen LogP contribution in [0, 0.1) is 0 Å². The van der Waals surface area contributed by atoms with Gasteiger partial charge in [-0.2, -0.15) is 0 Å². The summed E-state index contributed by atoms with van der Waals surface area (Å²) in [5, 5.41) is 1.10. The molecular weight excluding hydrogens is 296 g/mol. The molecule has 0 amide bonds. The Labute approximate surface area is 138 Å². The van der Waals surface area contributed by atoms with Gasteiger partial charge in [0.2, 0.25) is 0 Å². The number of aromatic nitrogens is 4. The van der Waals surface area contributed by atoms with E-state index in [1.165, 1.54) is 0 Å². The zero-order valence-electron chi connectivity index (χ0n) is 12.9. The number of imidazole rings is 1. The summed E-state index contributed by atoms with van der Waals surface area (Å²) in [7, 11) is 0. The normalized spacial score (nSPS) is 11.3. The van der Waals surface area contributed by atoms with E-state index in [9.17, 15) is 0 Å². The summed E-state index contributed by atoms with van der Waals surface area (Å²) in [6, 6.07) is 20.5. The van der Waals surface area contributed by atoms with Gasteiger partial charge in [-0.3, -0.25) is 4.57 Å². The Hall–Kier alpha value is -3.40. The molecular formula is C20H14N4. The van der Waals surface area contributed by atoms with Crippen molar-refractivity contribution in [1.29, 1.82) is 0 Å².